The van der Waals surface area contributed by atoms with Gasteiger partial charge in [-0.15, -0.1) is 11.8 Å². The van der Waals surface area contributed by atoms with E-state index in [4.69, 9.17) is 0 Å². The van der Waals surface area contributed by atoms with Crippen molar-refractivity contribution in [1.82, 2.24) is 5.32 Å². The number of amides is 1. The average molecular weight is 335 g/mol. The van der Waals surface area contributed by atoms with Crippen molar-refractivity contribution >= 4 is 17.7 Å². The minimum absolute atomic E-state index is 0.0360. The fourth-order valence-corrected chi connectivity index (χ4v) is 3.25. The lowest BCUT2D eigenvalue weighted by molar-refractivity contribution is -0.118. The Hall–Kier alpha value is -1.88. The van der Waals surface area contributed by atoms with Gasteiger partial charge in [0.25, 0.3) is 0 Å². The summed E-state index contributed by atoms with van der Waals surface area (Å²) in [5.74, 6) is -0.361. The highest BCUT2D eigenvalue weighted by molar-refractivity contribution is 8.00. The Morgan fingerprint density at radius 1 is 1.00 bits per heavy atom. The molecule has 2 aromatic rings. The second-order valence-electron chi connectivity index (χ2n) is 5.14. The van der Waals surface area contributed by atoms with Gasteiger partial charge >= 0.3 is 0 Å². The number of benzene rings is 2. The third-order valence-electron chi connectivity index (χ3n) is 3.30. The minimum Gasteiger partial charge on any atom is -0.355 e. The van der Waals surface area contributed by atoms with Crippen LogP contribution in [-0.4, -0.2) is 18.2 Å². The van der Waals surface area contributed by atoms with Crippen LogP contribution < -0.4 is 5.32 Å². The van der Waals surface area contributed by atoms with Gasteiger partial charge in [0, 0.05) is 6.54 Å². The van der Waals surface area contributed by atoms with E-state index in [-0.39, 0.29) is 22.8 Å². The molecule has 1 N–H and O–H groups in total. The van der Waals surface area contributed by atoms with Crippen LogP contribution in [0.5, 0.6) is 0 Å². The molecule has 0 aliphatic carbocycles. The summed E-state index contributed by atoms with van der Waals surface area (Å²) in [6.07, 6.45) is 0.885. The van der Waals surface area contributed by atoms with E-state index in [9.17, 15) is 13.6 Å². The van der Waals surface area contributed by atoms with Crippen molar-refractivity contribution in [2.75, 3.05) is 12.3 Å². The van der Waals surface area contributed by atoms with E-state index in [0.29, 0.717) is 12.3 Å². The van der Waals surface area contributed by atoms with Crippen LogP contribution in [0.2, 0.25) is 0 Å². The van der Waals surface area contributed by atoms with Crippen molar-refractivity contribution in [3.8, 4) is 0 Å². The molecule has 0 aromatic heterocycles. The van der Waals surface area contributed by atoms with E-state index in [0.717, 1.165) is 17.5 Å². The lowest BCUT2D eigenvalue weighted by Gasteiger charge is -2.17. The Morgan fingerprint density at radius 3 is 1.91 bits per heavy atom. The number of halogens is 2. The fourth-order valence-electron chi connectivity index (χ4n) is 2.13. The number of carbonyl (C=O) groups is 1. The van der Waals surface area contributed by atoms with Crippen molar-refractivity contribution in [1.29, 1.82) is 0 Å². The summed E-state index contributed by atoms with van der Waals surface area (Å²) in [7, 11) is 0. The van der Waals surface area contributed by atoms with E-state index >= 15 is 0 Å². The molecule has 0 saturated heterocycles. The largest absolute Gasteiger partial charge is 0.355 e. The number of hydrogen-bond acceptors (Lipinski definition) is 2. The first-order valence-electron chi connectivity index (χ1n) is 7.49. The van der Waals surface area contributed by atoms with E-state index in [2.05, 4.69) is 5.32 Å². The maximum atomic E-state index is 13.1. The second-order valence-corrected chi connectivity index (χ2v) is 6.24. The van der Waals surface area contributed by atoms with Crippen molar-refractivity contribution in [2.45, 2.75) is 18.6 Å². The second kappa shape index (κ2) is 8.67. The smallest absolute Gasteiger partial charge is 0.230 e. The van der Waals surface area contributed by atoms with Gasteiger partial charge in [0.1, 0.15) is 11.6 Å². The Bertz CT molecular complexity index is 583. The zero-order valence-corrected chi connectivity index (χ0v) is 13.7. The molecular weight excluding hydrogens is 316 g/mol. The van der Waals surface area contributed by atoms with Crippen LogP contribution in [0.25, 0.3) is 0 Å². The maximum absolute atomic E-state index is 13.1. The zero-order valence-electron chi connectivity index (χ0n) is 12.9. The van der Waals surface area contributed by atoms with E-state index in [1.54, 1.807) is 24.3 Å². The molecule has 0 bridgehead atoms. The van der Waals surface area contributed by atoms with E-state index < -0.39 is 0 Å². The Labute approximate surface area is 139 Å². The number of rotatable bonds is 7. The number of hydrogen-bond donors (Lipinski definition) is 1. The van der Waals surface area contributed by atoms with Crippen LogP contribution in [-0.2, 0) is 4.79 Å². The molecule has 0 spiro atoms. The maximum Gasteiger partial charge on any atom is 0.230 e. The van der Waals surface area contributed by atoms with Crippen molar-refractivity contribution in [2.24, 2.45) is 0 Å². The molecule has 0 unspecified atom stereocenters. The van der Waals surface area contributed by atoms with Crippen LogP contribution >= 0.6 is 11.8 Å². The molecule has 0 saturated carbocycles. The Morgan fingerprint density at radius 2 is 1.48 bits per heavy atom. The number of nitrogens with one attached hydrogen (secondary N) is 1. The third kappa shape index (κ3) is 5.36. The first-order valence-corrected chi connectivity index (χ1v) is 8.54. The monoisotopic (exact) mass is 335 g/mol. The molecule has 23 heavy (non-hydrogen) atoms. The molecule has 0 aliphatic heterocycles. The fraction of sp³-hybridized carbons (Fsp3) is 0.278. The van der Waals surface area contributed by atoms with Gasteiger partial charge in [-0.25, -0.2) is 8.78 Å². The van der Waals surface area contributed by atoms with Crippen LogP contribution in [0.3, 0.4) is 0 Å². The minimum atomic E-state index is -0.308. The summed E-state index contributed by atoms with van der Waals surface area (Å²) in [6, 6.07) is 12.3. The number of thioether (sulfide) groups is 1. The van der Waals surface area contributed by atoms with Crippen molar-refractivity contribution in [3.05, 3.63) is 71.3 Å². The molecule has 1 amide bonds. The zero-order chi connectivity index (χ0) is 16.7. The van der Waals surface area contributed by atoms with Gasteiger partial charge in [0.05, 0.1) is 11.0 Å². The highest BCUT2D eigenvalue weighted by atomic mass is 32.2. The Balaban J connectivity index is 2.16. The summed E-state index contributed by atoms with van der Waals surface area (Å²) in [5, 5.41) is 2.68. The van der Waals surface area contributed by atoms with Gasteiger partial charge in [0.2, 0.25) is 5.91 Å². The molecular formula is C18H19F2NOS. The molecule has 2 aromatic carbocycles. The summed E-state index contributed by atoms with van der Waals surface area (Å²) in [5.41, 5.74) is 1.76. The number of carbonyl (C=O) groups excluding carboxylic acids is 1. The van der Waals surface area contributed by atoms with Crippen LogP contribution in [0, 0.1) is 11.6 Å². The Kier molecular flexibility index (Phi) is 6.59. The predicted molar refractivity (Wildman–Crippen MR) is 90.4 cm³/mol. The van der Waals surface area contributed by atoms with Gasteiger partial charge in [-0.3, -0.25) is 4.79 Å². The average Bonchev–Trinajstić information content (AvgIpc) is 2.56. The van der Waals surface area contributed by atoms with Gasteiger partial charge in [-0.05, 0) is 41.8 Å². The van der Waals surface area contributed by atoms with Gasteiger partial charge in [-0.2, -0.15) is 0 Å². The first-order chi connectivity index (χ1) is 11.1. The standard InChI is InChI=1S/C18H19F2NOS/c1-2-11-21-17(22)12-23-18(13-3-7-15(19)8-4-13)14-5-9-16(20)10-6-14/h3-10,18H,2,11-12H2,1H3,(H,21,22). The van der Waals surface area contributed by atoms with Gasteiger partial charge in [0.15, 0.2) is 0 Å². The molecule has 2 rings (SSSR count). The molecule has 122 valence electrons. The van der Waals surface area contributed by atoms with Crippen molar-refractivity contribution in [3.63, 3.8) is 0 Å². The summed E-state index contributed by atoms with van der Waals surface area (Å²) in [4.78, 5) is 11.8. The molecule has 0 fully saturated rings. The summed E-state index contributed by atoms with van der Waals surface area (Å²) < 4.78 is 26.3. The molecule has 0 heterocycles. The lowest BCUT2D eigenvalue weighted by atomic mass is 10.0. The van der Waals surface area contributed by atoms with Crippen LogP contribution in [0.4, 0.5) is 8.78 Å². The normalized spacial score (nSPS) is 10.8. The SMILES string of the molecule is CCCNC(=O)CSC(c1ccc(F)cc1)c1ccc(F)cc1. The lowest BCUT2D eigenvalue weighted by Crippen LogP contribution is -2.26. The quantitative estimate of drug-likeness (QED) is 0.817. The molecule has 0 atom stereocenters. The predicted octanol–water partition coefficient (Wildman–Crippen LogP) is 4.31. The van der Waals surface area contributed by atoms with Crippen LogP contribution in [0.1, 0.15) is 29.7 Å². The topological polar surface area (TPSA) is 29.1 Å². The van der Waals surface area contributed by atoms with E-state index in [1.165, 1.54) is 36.0 Å². The summed E-state index contributed by atoms with van der Waals surface area (Å²) in [6.45, 7) is 2.64. The van der Waals surface area contributed by atoms with E-state index in [1.807, 2.05) is 6.92 Å². The summed E-state index contributed by atoms with van der Waals surface area (Å²) >= 11 is 1.44. The molecule has 2 nitrogen and oxygen atoms in total. The molecule has 5 heteroatoms. The highest BCUT2D eigenvalue weighted by Gasteiger charge is 2.16. The van der Waals surface area contributed by atoms with Gasteiger partial charge < -0.3 is 5.32 Å². The first kappa shape index (κ1) is 17.5. The molecule has 0 radical (unpaired) electrons. The van der Waals surface area contributed by atoms with Crippen LogP contribution in [0.15, 0.2) is 48.5 Å². The molecule has 0 aliphatic rings. The van der Waals surface area contributed by atoms with Gasteiger partial charge in [-0.1, -0.05) is 31.2 Å². The van der Waals surface area contributed by atoms with Crippen molar-refractivity contribution < 1.29 is 13.6 Å². The highest BCUT2D eigenvalue weighted by Crippen LogP contribution is 2.35. The third-order valence-corrected chi connectivity index (χ3v) is 4.61.